The molecule has 0 radical (unpaired) electrons. The van der Waals surface area contributed by atoms with Crippen molar-refractivity contribution >= 4 is 29.7 Å². The summed E-state index contributed by atoms with van der Waals surface area (Å²) in [6, 6.07) is 5.78. The molecule has 2 aromatic rings. The van der Waals surface area contributed by atoms with Gasteiger partial charge in [0.25, 0.3) is 0 Å². The van der Waals surface area contributed by atoms with Crippen LogP contribution in [0.25, 0.3) is 0 Å². The Bertz CT molecular complexity index is 776. The second-order valence-electron chi connectivity index (χ2n) is 6.00. The SMILES string of the molecule is Cc1nn(C(F)F)c(C)c1CC(=O)Nc1ccc2c(c1)NCCC2.Cl. The average molecular weight is 371 g/mol. The van der Waals surface area contributed by atoms with Crippen LogP contribution in [0.3, 0.4) is 0 Å². The number of benzene rings is 1. The van der Waals surface area contributed by atoms with Gasteiger partial charge in [-0.25, -0.2) is 4.68 Å². The molecule has 136 valence electrons. The van der Waals surface area contributed by atoms with E-state index < -0.39 is 6.55 Å². The van der Waals surface area contributed by atoms with Gasteiger partial charge in [-0.2, -0.15) is 13.9 Å². The third-order valence-electron chi connectivity index (χ3n) is 4.33. The van der Waals surface area contributed by atoms with Crippen molar-refractivity contribution in [2.24, 2.45) is 0 Å². The Balaban J connectivity index is 0.00000225. The van der Waals surface area contributed by atoms with Crippen LogP contribution in [-0.4, -0.2) is 22.2 Å². The minimum absolute atomic E-state index is 0. The second kappa shape index (κ2) is 7.82. The summed E-state index contributed by atoms with van der Waals surface area (Å²) < 4.78 is 26.4. The molecule has 0 unspecified atom stereocenters. The van der Waals surface area contributed by atoms with E-state index in [0.29, 0.717) is 27.3 Å². The lowest BCUT2D eigenvalue weighted by molar-refractivity contribution is -0.115. The molecule has 1 amide bonds. The molecule has 5 nitrogen and oxygen atoms in total. The maximum Gasteiger partial charge on any atom is 0.333 e. The summed E-state index contributed by atoms with van der Waals surface area (Å²) in [4.78, 5) is 12.3. The zero-order chi connectivity index (χ0) is 17.3. The van der Waals surface area contributed by atoms with Crippen molar-refractivity contribution in [3.05, 3.63) is 40.7 Å². The lowest BCUT2D eigenvalue weighted by atomic mass is 10.0. The summed E-state index contributed by atoms with van der Waals surface area (Å²) in [6.45, 7) is 1.41. The maximum atomic E-state index is 12.9. The summed E-state index contributed by atoms with van der Waals surface area (Å²) in [7, 11) is 0. The molecule has 0 aliphatic carbocycles. The Hall–Kier alpha value is -2.15. The predicted octanol–water partition coefficient (Wildman–Crippen LogP) is 3.86. The van der Waals surface area contributed by atoms with Crippen LogP contribution in [0, 0.1) is 13.8 Å². The highest BCUT2D eigenvalue weighted by molar-refractivity contribution is 5.93. The van der Waals surface area contributed by atoms with Crippen molar-refractivity contribution < 1.29 is 13.6 Å². The third kappa shape index (κ3) is 4.10. The minimum Gasteiger partial charge on any atom is -0.385 e. The Labute approximate surface area is 151 Å². The summed E-state index contributed by atoms with van der Waals surface area (Å²) in [5, 5.41) is 9.95. The number of nitrogens with one attached hydrogen (secondary N) is 2. The van der Waals surface area contributed by atoms with Crippen molar-refractivity contribution in [2.75, 3.05) is 17.2 Å². The van der Waals surface area contributed by atoms with E-state index in [-0.39, 0.29) is 24.7 Å². The van der Waals surface area contributed by atoms with Gasteiger partial charge < -0.3 is 10.6 Å². The van der Waals surface area contributed by atoms with Gasteiger partial charge in [-0.3, -0.25) is 4.79 Å². The molecule has 2 heterocycles. The van der Waals surface area contributed by atoms with Gasteiger partial charge in [0.05, 0.1) is 12.1 Å². The molecule has 1 aliphatic rings. The monoisotopic (exact) mass is 370 g/mol. The van der Waals surface area contributed by atoms with Gasteiger partial charge in [0.15, 0.2) is 0 Å². The van der Waals surface area contributed by atoms with E-state index in [0.717, 1.165) is 25.1 Å². The van der Waals surface area contributed by atoms with Crippen molar-refractivity contribution in [3.8, 4) is 0 Å². The Morgan fingerprint density at radius 2 is 2.16 bits per heavy atom. The zero-order valence-corrected chi connectivity index (χ0v) is 14.9. The topological polar surface area (TPSA) is 59.0 Å². The molecule has 0 fully saturated rings. The third-order valence-corrected chi connectivity index (χ3v) is 4.33. The van der Waals surface area contributed by atoms with E-state index in [1.54, 1.807) is 13.8 Å². The summed E-state index contributed by atoms with van der Waals surface area (Å²) in [5.74, 6) is -0.245. The first kappa shape index (κ1) is 19.2. The summed E-state index contributed by atoms with van der Waals surface area (Å²) >= 11 is 0. The molecule has 3 rings (SSSR count). The van der Waals surface area contributed by atoms with Crippen LogP contribution in [0.1, 0.15) is 35.5 Å². The number of hydrogen-bond acceptors (Lipinski definition) is 3. The van der Waals surface area contributed by atoms with E-state index in [1.807, 2.05) is 18.2 Å². The van der Waals surface area contributed by atoms with Gasteiger partial charge in [-0.15, -0.1) is 12.4 Å². The highest BCUT2D eigenvalue weighted by Gasteiger charge is 2.19. The average Bonchev–Trinajstić information content (AvgIpc) is 2.83. The smallest absolute Gasteiger partial charge is 0.333 e. The van der Waals surface area contributed by atoms with Gasteiger partial charge in [-0.1, -0.05) is 6.07 Å². The number of alkyl halides is 2. The molecule has 8 heteroatoms. The highest BCUT2D eigenvalue weighted by Crippen LogP contribution is 2.26. The molecule has 25 heavy (non-hydrogen) atoms. The number of anilines is 2. The number of carbonyl (C=O) groups is 1. The van der Waals surface area contributed by atoms with E-state index in [2.05, 4.69) is 15.7 Å². The van der Waals surface area contributed by atoms with Crippen LogP contribution in [0.15, 0.2) is 18.2 Å². The van der Waals surface area contributed by atoms with Gasteiger partial charge in [0.1, 0.15) is 0 Å². The fourth-order valence-corrected chi connectivity index (χ4v) is 3.05. The molecule has 0 atom stereocenters. The van der Waals surface area contributed by atoms with Crippen LogP contribution in [0.5, 0.6) is 0 Å². The van der Waals surface area contributed by atoms with E-state index in [1.165, 1.54) is 5.56 Å². The number of hydrogen-bond donors (Lipinski definition) is 2. The van der Waals surface area contributed by atoms with Crippen molar-refractivity contribution in [1.82, 2.24) is 9.78 Å². The Kier molecular flexibility index (Phi) is 6.00. The highest BCUT2D eigenvalue weighted by atomic mass is 35.5. The molecular weight excluding hydrogens is 350 g/mol. The number of aromatic nitrogens is 2. The van der Waals surface area contributed by atoms with Crippen LogP contribution in [0.2, 0.25) is 0 Å². The van der Waals surface area contributed by atoms with Crippen molar-refractivity contribution in [1.29, 1.82) is 0 Å². The lowest BCUT2D eigenvalue weighted by Crippen LogP contribution is -2.17. The molecule has 2 N–H and O–H groups in total. The largest absolute Gasteiger partial charge is 0.385 e. The van der Waals surface area contributed by atoms with Gasteiger partial charge >= 0.3 is 6.55 Å². The maximum absolute atomic E-state index is 12.9. The van der Waals surface area contributed by atoms with E-state index in [9.17, 15) is 13.6 Å². The Morgan fingerprint density at radius 3 is 2.84 bits per heavy atom. The zero-order valence-electron chi connectivity index (χ0n) is 14.1. The van der Waals surface area contributed by atoms with Crippen LogP contribution in [0.4, 0.5) is 20.2 Å². The minimum atomic E-state index is -2.70. The summed E-state index contributed by atoms with van der Waals surface area (Å²) in [6.07, 6.45) is 2.15. The molecule has 0 spiro atoms. The molecular formula is C17H21ClF2N4O. The molecule has 1 aliphatic heterocycles. The van der Waals surface area contributed by atoms with Crippen LogP contribution < -0.4 is 10.6 Å². The standard InChI is InChI=1S/C17H20F2N4O.ClH/c1-10-14(11(2)23(22-10)17(18)19)9-16(24)21-13-6-5-12-4-3-7-20-15(12)8-13;/h5-6,8,17,20H,3-4,7,9H2,1-2H3,(H,21,24);1H. The fraction of sp³-hybridized carbons (Fsp3) is 0.412. The van der Waals surface area contributed by atoms with Gasteiger partial charge in [0, 0.05) is 29.2 Å². The summed E-state index contributed by atoms with van der Waals surface area (Å²) in [5.41, 5.74) is 4.30. The number of nitrogens with zero attached hydrogens (tertiary/aromatic N) is 2. The Morgan fingerprint density at radius 1 is 1.40 bits per heavy atom. The molecule has 1 aromatic carbocycles. The molecule has 1 aromatic heterocycles. The number of carbonyl (C=O) groups excluding carboxylic acids is 1. The van der Waals surface area contributed by atoms with Crippen LogP contribution >= 0.6 is 12.4 Å². The van der Waals surface area contributed by atoms with Crippen LogP contribution in [-0.2, 0) is 17.6 Å². The molecule has 0 saturated carbocycles. The van der Waals surface area contributed by atoms with E-state index in [4.69, 9.17) is 0 Å². The first-order valence-corrected chi connectivity index (χ1v) is 7.95. The van der Waals surface area contributed by atoms with E-state index >= 15 is 0 Å². The van der Waals surface area contributed by atoms with Gasteiger partial charge in [0.2, 0.25) is 5.91 Å². The first-order chi connectivity index (χ1) is 11.5. The molecule has 0 bridgehead atoms. The van der Waals surface area contributed by atoms with Gasteiger partial charge in [-0.05, 0) is 44.4 Å². The quantitative estimate of drug-likeness (QED) is 0.859. The molecule has 0 saturated heterocycles. The van der Waals surface area contributed by atoms with Crippen molar-refractivity contribution in [2.45, 2.75) is 39.7 Å². The predicted molar refractivity (Wildman–Crippen MR) is 95.8 cm³/mol. The second-order valence-corrected chi connectivity index (χ2v) is 6.00. The lowest BCUT2D eigenvalue weighted by Gasteiger charge is -2.18. The number of halogens is 3. The number of amides is 1. The normalized spacial score (nSPS) is 13.0. The first-order valence-electron chi connectivity index (χ1n) is 7.95. The number of rotatable bonds is 4. The fourth-order valence-electron chi connectivity index (χ4n) is 3.05. The number of fused-ring (bicyclic) bond motifs is 1. The number of aryl methyl sites for hydroxylation is 2. The van der Waals surface area contributed by atoms with Crippen molar-refractivity contribution in [3.63, 3.8) is 0 Å².